The molecule has 1 saturated heterocycles. The van der Waals surface area contributed by atoms with Crippen molar-refractivity contribution >= 4 is 46.4 Å². The Morgan fingerprint density at radius 1 is 0.945 bits per heavy atom. The number of halogens is 1. The van der Waals surface area contributed by atoms with Gasteiger partial charge in [-0.2, -0.15) is 0 Å². The van der Waals surface area contributed by atoms with Gasteiger partial charge in [-0.1, -0.05) is 62.4 Å². The van der Waals surface area contributed by atoms with Crippen LogP contribution in [0.2, 0.25) is 0 Å². The van der Waals surface area contributed by atoms with Gasteiger partial charge in [0.2, 0.25) is 11.4 Å². The van der Waals surface area contributed by atoms with Gasteiger partial charge in [-0.05, 0) is 84.8 Å². The van der Waals surface area contributed by atoms with Gasteiger partial charge in [-0.15, -0.1) is 0 Å². The van der Waals surface area contributed by atoms with Crippen LogP contribution >= 0.6 is 0 Å². The molecule has 16 heteroatoms. The van der Waals surface area contributed by atoms with E-state index >= 15 is 4.79 Å². The molecule has 5 aliphatic heterocycles. The minimum absolute atomic E-state index is 0. The summed E-state index contributed by atoms with van der Waals surface area (Å²) in [5.74, 6) is -1.51. The molecule has 3 N–H and O–H groups in total. The normalized spacial score (nSPS) is 30.9. The van der Waals surface area contributed by atoms with Gasteiger partial charge in [0.25, 0.3) is 0 Å². The average Bonchev–Trinajstić information content (AvgIpc) is 4.04. The summed E-state index contributed by atoms with van der Waals surface area (Å²) in [4.78, 5) is 65.9. The van der Waals surface area contributed by atoms with Crippen molar-refractivity contribution in [2.75, 3.05) is 79.7 Å². The number of likely N-dealkylation sites (N-methyl/N-ethyl adjacent to an activating group) is 1. The van der Waals surface area contributed by atoms with E-state index in [0.717, 1.165) is 34.0 Å². The number of fused-ring (bicyclic) bond motifs is 6. The van der Waals surface area contributed by atoms with E-state index in [0.29, 0.717) is 84.9 Å². The number of hydrogen-bond acceptors (Lipinski definition) is 13. The summed E-state index contributed by atoms with van der Waals surface area (Å²) in [5, 5.41) is 24.7. The quantitative estimate of drug-likeness (QED) is 0.0621. The van der Waals surface area contributed by atoms with Gasteiger partial charge in [-0.25, -0.2) is 4.79 Å². The van der Waals surface area contributed by atoms with Gasteiger partial charge in [-0.3, -0.25) is 19.3 Å². The number of quaternary nitrogens is 1. The highest BCUT2D eigenvalue weighted by atomic mass is 79.9. The van der Waals surface area contributed by atoms with Crippen molar-refractivity contribution in [1.29, 1.82) is 0 Å². The topological polar surface area (TPSA) is 177 Å². The molecule has 1 aromatic heterocycles. The van der Waals surface area contributed by atoms with Crippen LogP contribution in [0.1, 0.15) is 74.4 Å². The van der Waals surface area contributed by atoms with E-state index in [4.69, 9.17) is 23.7 Å². The summed E-state index contributed by atoms with van der Waals surface area (Å²) in [5.41, 5.74) is 0.712. The smallest absolute Gasteiger partial charge is 0.344 e. The van der Waals surface area contributed by atoms with Gasteiger partial charge in [0.05, 0.1) is 47.6 Å². The highest BCUT2D eigenvalue weighted by Gasteiger charge is 2.80. The van der Waals surface area contributed by atoms with Gasteiger partial charge in [0.15, 0.2) is 17.6 Å². The van der Waals surface area contributed by atoms with Crippen molar-refractivity contribution in [3.8, 4) is 17.2 Å². The predicted octanol–water partition coefficient (Wildman–Crippen LogP) is 3.31. The van der Waals surface area contributed by atoms with E-state index in [1.54, 1.807) is 37.5 Å². The molecule has 1 aliphatic carbocycles. The number of benzene rings is 3. The summed E-state index contributed by atoms with van der Waals surface area (Å²) >= 11 is 0. The molecule has 1 spiro atoms. The minimum Gasteiger partial charge on any atom is -1.00 e. The number of aromatic hydroxyl groups is 1. The number of hydrogen-bond donors (Lipinski definition) is 3. The number of nitrogens with zero attached hydrogens (tertiary/aromatic N) is 3. The Morgan fingerprint density at radius 2 is 1.70 bits per heavy atom. The van der Waals surface area contributed by atoms with E-state index in [9.17, 15) is 24.6 Å². The van der Waals surface area contributed by atoms with Crippen molar-refractivity contribution in [1.82, 2.24) is 9.88 Å². The SMILES string of the molecule is CCC1=C[C@@H]2C[C@](C(=O)OC)(c3cc4c(cc3OC)N(C)[C@H]3[C@@](O)(C(=O)OC)[C@H](OC(C)=O)[C@]5(CC)C=CCN6CC[C@]43[C@@H]65)c3[nH]c4ccccc4c3CC[N@@+](CC(=O)/C=C/c3ccc(O)c(OC)c3)(C1)C2.[Br-]. The maximum Gasteiger partial charge on any atom is 0.344 e. The number of rotatable bonds is 12. The van der Waals surface area contributed by atoms with Crippen molar-refractivity contribution < 1.29 is 74.5 Å². The number of phenolic OH excluding ortho intramolecular Hbond substituents is 1. The molecule has 388 valence electrons. The maximum absolute atomic E-state index is 15.7. The Morgan fingerprint density at radius 3 is 2.40 bits per heavy atom. The van der Waals surface area contributed by atoms with Crippen molar-refractivity contribution in [2.24, 2.45) is 11.3 Å². The van der Waals surface area contributed by atoms with E-state index in [-0.39, 0.29) is 53.4 Å². The molecule has 0 unspecified atom stereocenters. The molecule has 0 amide bonds. The number of aliphatic hydroxyl groups is 1. The van der Waals surface area contributed by atoms with E-state index in [1.165, 1.54) is 33.8 Å². The van der Waals surface area contributed by atoms with Gasteiger partial charge in [0.1, 0.15) is 24.3 Å². The van der Waals surface area contributed by atoms with Gasteiger partial charge < -0.3 is 65.2 Å². The molecule has 0 radical (unpaired) electrons. The van der Waals surface area contributed by atoms with Crippen molar-refractivity contribution in [3.63, 3.8) is 0 Å². The second-order valence-corrected chi connectivity index (χ2v) is 21.1. The molecule has 6 heterocycles. The molecule has 73 heavy (non-hydrogen) atoms. The molecule has 10 rings (SSSR count). The number of ether oxygens (including phenoxy) is 5. The molecule has 4 aromatic rings. The molecule has 1 saturated carbocycles. The summed E-state index contributed by atoms with van der Waals surface area (Å²) in [7, 11) is 7.61. The van der Waals surface area contributed by atoms with Crippen LogP contribution < -0.4 is 31.4 Å². The molecular formula is C57H67BrN4O11. The summed E-state index contributed by atoms with van der Waals surface area (Å²) in [6.07, 6.45) is 11.0. The number of methoxy groups -OCH3 is 4. The third kappa shape index (κ3) is 7.58. The highest BCUT2D eigenvalue weighted by molar-refractivity contribution is 5.96. The first kappa shape index (κ1) is 51.9. The van der Waals surface area contributed by atoms with Crippen LogP contribution in [0, 0.1) is 11.3 Å². The predicted molar refractivity (Wildman–Crippen MR) is 271 cm³/mol. The zero-order valence-electron chi connectivity index (χ0n) is 43.0. The van der Waals surface area contributed by atoms with E-state index < -0.39 is 51.9 Å². The lowest BCUT2D eigenvalue weighted by Gasteiger charge is -2.63. The van der Waals surface area contributed by atoms with Crippen molar-refractivity contribution in [2.45, 2.75) is 87.5 Å². The zero-order valence-corrected chi connectivity index (χ0v) is 44.5. The van der Waals surface area contributed by atoms with Crippen LogP contribution in [-0.2, 0) is 50.6 Å². The van der Waals surface area contributed by atoms with E-state index in [1.807, 2.05) is 55.3 Å². The molecular weight excluding hydrogens is 997 g/mol. The second kappa shape index (κ2) is 19.1. The fourth-order valence-corrected chi connectivity index (χ4v) is 15.0. The number of phenols is 1. The first-order chi connectivity index (χ1) is 34.5. The fraction of sp³-hybridized carbons (Fsp3) is 0.474. The number of ketones is 1. The maximum atomic E-state index is 15.7. The van der Waals surface area contributed by atoms with Crippen LogP contribution in [0.25, 0.3) is 17.0 Å². The Labute approximate surface area is 437 Å². The first-order valence-corrected chi connectivity index (χ1v) is 25.2. The van der Waals surface area contributed by atoms with Gasteiger partial charge in [0, 0.05) is 83.6 Å². The molecule has 6 aliphatic rings. The third-order valence-electron chi connectivity index (χ3n) is 17.6. The first-order valence-electron chi connectivity index (χ1n) is 25.2. The van der Waals surface area contributed by atoms with Crippen LogP contribution in [0.4, 0.5) is 5.69 Å². The molecule has 3 aromatic carbocycles. The third-order valence-corrected chi connectivity index (χ3v) is 17.6. The summed E-state index contributed by atoms with van der Waals surface area (Å²) in [6, 6.07) is 15.8. The zero-order chi connectivity index (χ0) is 51.1. The van der Waals surface area contributed by atoms with Crippen LogP contribution in [0.15, 0.2) is 84.5 Å². The van der Waals surface area contributed by atoms with Crippen LogP contribution in [0.5, 0.6) is 17.2 Å². The molecule has 2 bridgehead atoms. The Balaban J connectivity index is 0.00000656. The van der Waals surface area contributed by atoms with Crippen LogP contribution in [0.3, 0.4) is 0 Å². The van der Waals surface area contributed by atoms with Crippen LogP contribution in [-0.4, -0.2) is 147 Å². The Hall–Kier alpha value is -5.94. The lowest BCUT2D eigenvalue weighted by atomic mass is 9.47. The average molecular weight is 1060 g/mol. The summed E-state index contributed by atoms with van der Waals surface area (Å²) in [6.45, 7) is 8.77. The largest absolute Gasteiger partial charge is 1.00 e. The number of nitrogens with one attached hydrogen (secondary N) is 1. The van der Waals surface area contributed by atoms with Crippen molar-refractivity contribution in [3.05, 3.63) is 112 Å². The minimum atomic E-state index is -2.34. The lowest BCUT2D eigenvalue weighted by Crippen LogP contribution is -3.00. The molecule has 9 atom stereocenters. The number of para-hydroxylation sites is 1. The number of anilines is 1. The lowest BCUT2D eigenvalue weighted by molar-refractivity contribution is -0.920. The van der Waals surface area contributed by atoms with Gasteiger partial charge >= 0.3 is 17.9 Å². The standard InChI is InChI=1S/C57H66N4O11.BrH/c1-9-35-26-37-30-56(52(65)70-7,48-40(39-14-11-12-15-43(39)58-48)20-25-61(31-35,32-37)33-38(63)18-16-36-17-19-45(64)47(27-36)69-6)42-28-41-44(29-46(42)68-5)59(4)50-55(41)22-24-60-23-13-21-54(10-2,49(55)60)51(72-34(3)62)57(50,67)53(66)71-8;/h11-19,21,26-29,37,49-51,58,67H,9-10,20,22-25,30-33H2,1-8H3;1H/t37-,49+,50-,51-,54-,55-,56+,57+,61-;/m1./s1. The fourth-order valence-electron chi connectivity index (χ4n) is 15.0. The second-order valence-electron chi connectivity index (χ2n) is 21.1. The number of carbonyl (C=O) groups is 4. The number of H-pyrrole nitrogens is 1. The molecule has 15 nitrogen and oxygen atoms in total. The number of esters is 3. The Kier molecular flexibility index (Phi) is 13.6. The number of carbonyl (C=O) groups excluding carboxylic acids is 4. The summed E-state index contributed by atoms with van der Waals surface area (Å²) < 4.78 is 30.1. The number of aromatic nitrogens is 1. The number of aromatic amines is 1. The Bertz CT molecular complexity index is 2990. The van der Waals surface area contributed by atoms with E-state index in [2.05, 4.69) is 35.0 Å². The monoisotopic (exact) mass is 1060 g/mol. The highest BCUT2D eigenvalue weighted by Crippen LogP contribution is 2.68. The molecule has 2 fully saturated rings.